The number of thioether (sulfide) groups is 1. The summed E-state index contributed by atoms with van der Waals surface area (Å²) in [6, 6.07) is 21.9. The lowest BCUT2D eigenvalue weighted by Gasteiger charge is -2.36. The minimum atomic E-state index is -0.241. The number of anilines is 1. The first kappa shape index (κ1) is 20.6. The molecule has 0 spiro atoms. The predicted octanol–water partition coefficient (Wildman–Crippen LogP) is 5.22. The molecule has 1 amide bonds. The summed E-state index contributed by atoms with van der Waals surface area (Å²) in [6.45, 7) is 2.69. The molecule has 3 aromatic carbocycles. The van der Waals surface area contributed by atoms with Crippen LogP contribution in [-0.2, 0) is 5.75 Å². The number of hydrogen-bond donors (Lipinski definition) is 0. The van der Waals surface area contributed by atoms with Gasteiger partial charge in [-0.3, -0.25) is 4.79 Å². The fourth-order valence-electron chi connectivity index (χ4n) is 3.90. The highest BCUT2D eigenvalue weighted by molar-refractivity contribution is 7.98. The van der Waals surface area contributed by atoms with Crippen LogP contribution in [0.5, 0.6) is 0 Å². The SMILES string of the molecule is O=C(c1ccccc1CSc1nc2ccccc2o1)N1CCN(c2ccc(F)cc2)CC1. The van der Waals surface area contributed by atoms with Crippen LogP contribution < -0.4 is 4.90 Å². The molecule has 32 heavy (non-hydrogen) atoms. The van der Waals surface area contributed by atoms with E-state index in [2.05, 4.69) is 9.88 Å². The van der Waals surface area contributed by atoms with Crippen LogP contribution in [0, 0.1) is 5.82 Å². The zero-order valence-electron chi connectivity index (χ0n) is 17.4. The molecule has 0 radical (unpaired) electrons. The Balaban J connectivity index is 1.25. The molecule has 1 aromatic heterocycles. The van der Waals surface area contributed by atoms with Crippen LogP contribution in [0.4, 0.5) is 10.1 Å². The Morgan fingerprint density at radius 2 is 1.66 bits per heavy atom. The number of fused-ring (bicyclic) bond motifs is 1. The molecule has 0 aliphatic carbocycles. The first-order valence-electron chi connectivity index (χ1n) is 10.5. The van der Waals surface area contributed by atoms with Crippen LogP contribution in [0.3, 0.4) is 0 Å². The zero-order chi connectivity index (χ0) is 21.9. The van der Waals surface area contributed by atoms with Crippen molar-refractivity contribution in [1.29, 1.82) is 0 Å². The number of halogens is 1. The van der Waals surface area contributed by atoms with Crippen molar-refractivity contribution in [2.45, 2.75) is 11.0 Å². The number of piperazine rings is 1. The average Bonchev–Trinajstić information content (AvgIpc) is 3.26. The van der Waals surface area contributed by atoms with Gasteiger partial charge in [-0.05, 0) is 48.0 Å². The van der Waals surface area contributed by atoms with Gasteiger partial charge in [0.05, 0.1) is 0 Å². The van der Waals surface area contributed by atoms with Crippen LogP contribution in [0.1, 0.15) is 15.9 Å². The van der Waals surface area contributed by atoms with E-state index >= 15 is 0 Å². The molecule has 0 saturated carbocycles. The van der Waals surface area contributed by atoms with Gasteiger partial charge >= 0.3 is 0 Å². The molecule has 0 N–H and O–H groups in total. The molecule has 1 aliphatic rings. The van der Waals surface area contributed by atoms with Crippen molar-refractivity contribution in [3.8, 4) is 0 Å². The van der Waals surface area contributed by atoms with Gasteiger partial charge < -0.3 is 14.2 Å². The van der Waals surface area contributed by atoms with Crippen molar-refractivity contribution in [3.05, 3.63) is 89.7 Å². The topological polar surface area (TPSA) is 49.6 Å². The van der Waals surface area contributed by atoms with E-state index in [4.69, 9.17) is 4.42 Å². The Kier molecular flexibility index (Phi) is 5.81. The van der Waals surface area contributed by atoms with E-state index in [0.717, 1.165) is 35.4 Å². The standard InChI is InChI=1S/C25H22FN3O2S/c26-19-9-11-20(12-10-19)28-13-15-29(16-14-28)24(30)21-6-2-1-5-18(21)17-32-25-27-22-7-3-4-8-23(22)31-25/h1-12H,13-17H2. The fourth-order valence-corrected chi connectivity index (χ4v) is 4.74. The second-order valence-corrected chi connectivity index (χ2v) is 8.58. The summed E-state index contributed by atoms with van der Waals surface area (Å²) in [6.07, 6.45) is 0. The van der Waals surface area contributed by atoms with Crippen LogP contribution >= 0.6 is 11.8 Å². The van der Waals surface area contributed by atoms with Crippen molar-refractivity contribution in [2.75, 3.05) is 31.1 Å². The summed E-state index contributed by atoms with van der Waals surface area (Å²) in [7, 11) is 0. The highest BCUT2D eigenvalue weighted by Gasteiger charge is 2.24. The molecule has 2 heterocycles. The summed E-state index contributed by atoms with van der Waals surface area (Å²) in [5.74, 6) is 0.400. The Morgan fingerprint density at radius 3 is 2.44 bits per heavy atom. The summed E-state index contributed by atoms with van der Waals surface area (Å²) in [5.41, 5.74) is 4.25. The number of aromatic nitrogens is 1. The van der Waals surface area contributed by atoms with Gasteiger partial charge in [0.15, 0.2) is 5.58 Å². The molecule has 0 unspecified atom stereocenters. The second-order valence-electron chi connectivity index (χ2n) is 7.65. The zero-order valence-corrected chi connectivity index (χ0v) is 18.2. The van der Waals surface area contributed by atoms with Crippen LogP contribution in [-0.4, -0.2) is 42.0 Å². The molecule has 5 rings (SSSR count). The van der Waals surface area contributed by atoms with E-state index in [9.17, 15) is 9.18 Å². The molecule has 1 aliphatic heterocycles. The summed E-state index contributed by atoms with van der Waals surface area (Å²) >= 11 is 1.49. The maximum atomic E-state index is 13.3. The monoisotopic (exact) mass is 447 g/mol. The lowest BCUT2D eigenvalue weighted by Crippen LogP contribution is -2.49. The van der Waals surface area contributed by atoms with Crippen molar-refractivity contribution in [1.82, 2.24) is 9.88 Å². The largest absolute Gasteiger partial charge is 0.431 e. The first-order chi connectivity index (χ1) is 15.7. The summed E-state index contributed by atoms with van der Waals surface area (Å²) in [5, 5.41) is 0.598. The molecule has 1 saturated heterocycles. The number of rotatable bonds is 5. The fraction of sp³-hybridized carbons (Fsp3) is 0.200. The van der Waals surface area contributed by atoms with E-state index in [-0.39, 0.29) is 11.7 Å². The number of hydrogen-bond acceptors (Lipinski definition) is 5. The molecule has 5 nitrogen and oxygen atoms in total. The minimum Gasteiger partial charge on any atom is -0.431 e. The normalized spacial score (nSPS) is 14.2. The maximum Gasteiger partial charge on any atom is 0.257 e. The first-order valence-corrected chi connectivity index (χ1v) is 11.5. The quantitative estimate of drug-likeness (QED) is 0.393. The number of nitrogens with zero attached hydrogens (tertiary/aromatic N) is 3. The van der Waals surface area contributed by atoms with Gasteiger partial charge in [0.2, 0.25) is 0 Å². The maximum absolute atomic E-state index is 13.3. The lowest BCUT2D eigenvalue weighted by molar-refractivity contribution is 0.0746. The summed E-state index contributed by atoms with van der Waals surface area (Å²) in [4.78, 5) is 21.8. The molecule has 0 bridgehead atoms. The van der Waals surface area contributed by atoms with Crippen molar-refractivity contribution >= 4 is 34.5 Å². The van der Waals surface area contributed by atoms with E-state index in [1.165, 1.54) is 23.9 Å². The molecule has 4 aromatic rings. The number of benzene rings is 3. The molecule has 7 heteroatoms. The molecule has 162 valence electrons. The van der Waals surface area contributed by atoms with Crippen molar-refractivity contribution < 1.29 is 13.6 Å². The molecule has 1 fully saturated rings. The molecule has 0 atom stereocenters. The molecular formula is C25H22FN3O2S. The van der Waals surface area contributed by atoms with Gasteiger partial charge in [0.25, 0.3) is 11.1 Å². The van der Waals surface area contributed by atoms with Crippen LogP contribution in [0.25, 0.3) is 11.1 Å². The Morgan fingerprint density at radius 1 is 0.938 bits per heavy atom. The highest BCUT2D eigenvalue weighted by Crippen LogP contribution is 2.28. The Bertz CT molecular complexity index is 1200. The van der Waals surface area contributed by atoms with Gasteiger partial charge in [0.1, 0.15) is 11.3 Å². The van der Waals surface area contributed by atoms with Gasteiger partial charge in [-0.25, -0.2) is 9.37 Å². The third kappa shape index (κ3) is 4.34. The van der Waals surface area contributed by atoms with Gasteiger partial charge in [-0.2, -0.15) is 0 Å². The number of carbonyl (C=O) groups excluding carboxylic acids is 1. The van der Waals surface area contributed by atoms with E-state index in [1.807, 2.05) is 53.4 Å². The Labute approximate surface area is 189 Å². The number of para-hydroxylation sites is 2. The second kappa shape index (κ2) is 9.04. The van der Waals surface area contributed by atoms with Gasteiger partial charge in [-0.1, -0.05) is 42.1 Å². The third-order valence-corrected chi connectivity index (χ3v) is 6.51. The van der Waals surface area contributed by atoms with E-state index < -0.39 is 0 Å². The van der Waals surface area contributed by atoms with Gasteiger partial charge in [0, 0.05) is 43.2 Å². The number of amides is 1. The Hall–Kier alpha value is -3.32. The number of oxazole rings is 1. The predicted molar refractivity (Wildman–Crippen MR) is 125 cm³/mol. The van der Waals surface area contributed by atoms with Gasteiger partial charge in [-0.15, -0.1) is 0 Å². The van der Waals surface area contributed by atoms with Crippen LogP contribution in [0.2, 0.25) is 0 Å². The lowest BCUT2D eigenvalue weighted by atomic mass is 10.1. The average molecular weight is 448 g/mol. The summed E-state index contributed by atoms with van der Waals surface area (Å²) < 4.78 is 19.0. The minimum absolute atomic E-state index is 0.0394. The smallest absolute Gasteiger partial charge is 0.257 e. The molecular weight excluding hydrogens is 425 g/mol. The van der Waals surface area contributed by atoms with Crippen molar-refractivity contribution in [3.63, 3.8) is 0 Å². The third-order valence-electron chi connectivity index (χ3n) is 5.63. The highest BCUT2D eigenvalue weighted by atomic mass is 32.2. The van der Waals surface area contributed by atoms with Crippen LogP contribution in [0.15, 0.2) is 82.4 Å². The van der Waals surface area contributed by atoms with E-state index in [0.29, 0.717) is 29.6 Å². The van der Waals surface area contributed by atoms with Crippen molar-refractivity contribution in [2.24, 2.45) is 0 Å². The number of carbonyl (C=O) groups is 1. The van der Waals surface area contributed by atoms with E-state index in [1.54, 1.807) is 12.1 Å².